The zero-order chi connectivity index (χ0) is 10.2. The fourth-order valence-corrected chi connectivity index (χ4v) is 2.72. The standard InChI is InChI=1S/C13H27N/c1-3-7-13(14-4-2)11-10-12-8-5-6-9-12/h12-14H,3-11H2,1-2H3. The Hall–Kier alpha value is -0.0400. The molecule has 14 heavy (non-hydrogen) atoms. The van der Waals surface area contributed by atoms with Gasteiger partial charge in [0.2, 0.25) is 0 Å². The average Bonchev–Trinajstić information content (AvgIpc) is 2.67. The number of hydrogen-bond donors (Lipinski definition) is 1. The molecule has 1 nitrogen and oxygen atoms in total. The van der Waals surface area contributed by atoms with Crippen LogP contribution in [0.2, 0.25) is 0 Å². The third-order valence-electron chi connectivity index (χ3n) is 3.53. The molecule has 0 bridgehead atoms. The summed E-state index contributed by atoms with van der Waals surface area (Å²) in [5.41, 5.74) is 0. The molecular weight excluding hydrogens is 170 g/mol. The van der Waals surface area contributed by atoms with Crippen LogP contribution in [0.3, 0.4) is 0 Å². The summed E-state index contributed by atoms with van der Waals surface area (Å²) in [6.07, 6.45) is 11.6. The van der Waals surface area contributed by atoms with E-state index in [0.29, 0.717) is 0 Å². The molecule has 84 valence electrons. The molecule has 1 heteroatoms. The van der Waals surface area contributed by atoms with Gasteiger partial charge in [-0.05, 0) is 31.7 Å². The van der Waals surface area contributed by atoms with Crippen molar-refractivity contribution in [2.45, 2.75) is 71.3 Å². The number of nitrogens with one attached hydrogen (secondary N) is 1. The van der Waals surface area contributed by atoms with Crippen LogP contribution in [0, 0.1) is 5.92 Å². The van der Waals surface area contributed by atoms with Crippen molar-refractivity contribution >= 4 is 0 Å². The molecule has 1 N–H and O–H groups in total. The monoisotopic (exact) mass is 197 g/mol. The van der Waals surface area contributed by atoms with Crippen molar-refractivity contribution in [2.24, 2.45) is 5.92 Å². The van der Waals surface area contributed by atoms with Gasteiger partial charge in [-0.2, -0.15) is 0 Å². The minimum atomic E-state index is 0.797. The predicted octanol–water partition coefficient (Wildman–Crippen LogP) is 3.74. The van der Waals surface area contributed by atoms with Gasteiger partial charge in [0.15, 0.2) is 0 Å². The van der Waals surface area contributed by atoms with E-state index in [1.165, 1.54) is 51.4 Å². The first-order valence-corrected chi connectivity index (χ1v) is 6.60. The molecule has 0 heterocycles. The van der Waals surface area contributed by atoms with Crippen molar-refractivity contribution in [2.75, 3.05) is 6.54 Å². The van der Waals surface area contributed by atoms with Crippen molar-refractivity contribution in [3.63, 3.8) is 0 Å². The molecule has 1 saturated carbocycles. The Morgan fingerprint density at radius 3 is 2.43 bits per heavy atom. The summed E-state index contributed by atoms with van der Waals surface area (Å²) in [6.45, 7) is 5.65. The molecule has 0 aromatic carbocycles. The molecule has 0 aromatic heterocycles. The first kappa shape index (κ1) is 12.0. The molecule has 0 radical (unpaired) electrons. The van der Waals surface area contributed by atoms with Crippen molar-refractivity contribution in [1.29, 1.82) is 0 Å². The summed E-state index contributed by atoms with van der Waals surface area (Å²) in [4.78, 5) is 0. The van der Waals surface area contributed by atoms with E-state index in [0.717, 1.165) is 18.5 Å². The molecule has 0 spiro atoms. The molecule has 1 rings (SSSR count). The van der Waals surface area contributed by atoms with Crippen LogP contribution in [0.1, 0.15) is 65.2 Å². The average molecular weight is 197 g/mol. The maximum atomic E-state index is 3.61. The highest BCUT2D eigenvalue weighted by atomic mass is 14.9. The van der Waals surface area contributed by atoms with Crippen LogP contribution in [0.15, 0.2) is 0 Å². The summed E-state index contributed by atoms with van der Waals surface area (Å²) in [5.74, 6) is 1.06. The quantitative estimate of drug-likeness (QED) is 0.655. The summed E-state index contributed by atoms with van der Waals surface area (Å²) in [7, 11) is 0. The Morgan fingerprint density at radius 2 is 1.86 bits per heavy atom. The second kappa shape index (κ2) is 7.28. The Bertz CT molecular complexity index is 121. The van der Waals surface area contributed by atoms with Gasteiger partial charge in [0.05, 0.1) is 0 Å². The second-order valence-corrected chi connectivity index (χ2v) is 4.77. The van der Waals surface area contributed by atoms with E-state index in [2.05, 4.69) is 19.2 Å². The lowest BCUT2D eigenvalue weighted by atomic mass is 9.96. The fourth-order valence-electron chi connectivity index (χ4n) is 2.72. The highest BCUT2D eigenvalue weighted by molar-refractivity contribution is 4.72. The minimum Gasteiger partial charge on any atom is -0.314 e. The smallest absolute Gasteiger partial charge is 0.00669 e. The fraction of sp³-hybridized carbons (Fsp3) is 1.00. The van der Waals surface area contributed by atoms with Crippen LogP contribution >= 0.6 is 0 Å². The SMILES string of the molecule is CCCC(CCC1CCCC1)NCC. The van der Waals surface area contributed by atoms with E-state index in [1.807, 2.05) is 0 Å². The van der Waals surface area contributed by atoms with Crippen LogP contribution in [-0.4, -0.2) is 12.6 Å². The molecule has 0 aliphatic heterocycles. The van der Waals surface area contributed by atoms with Gasteiger partial charge in [0.1, 0.15) is 0 Å². The Morgan fingerprint density at radius 1 is 1.14 bits per heavy atom. The van der Waals surface area contributed by atoms with Gasteiger partial charge in [-0.3, -0.25) is 0 Å². The van der Waals surface area contributed by atoms with Crippen LogP contribution in [0.4, 0.5) is 0 Å². The van der Waals surface area contributed by atoms with Gasteiger partial charge in [-0.25, -0.2) is 0 Å². The van der Waals surface area contributed by atoms with Crippen molar-refractivity contribution < 1.29 is 0 Å². The maximum Gasteiger partial charge on any atom is 0.00669 e. The maximum absolute atomic E-state index is 3.61. The molecule has 1 unspecified atom stereocenters. The largest absolute Gasteiger partial charge is 0.314 e. The third-order valence-corrected chi connectivity index (χ3v) is 3.53. The minimum absolute atomic E-state index is 0.797. The van der Waals surface area contributed by atoms with E-state index in [-0.39, 0.29) is 0 Å². The molecule has 0 amide bonds. The van der Waals surface area contributed by atoms with Crippen molar-refractivity contribution in [3.8, 4) is 0 Å². The topological polar surface area (TPSA) is 12.0 Å². The highest BCUT2D eigenvalue weighted by Crippen LogP contribution is 2.29. The van der Waals surface area contributed by atoms with Crippen LogP contribution in [0.5, 0.6) is 0 Å². The van der Waals surface area contributed by atoms with E-state index >= 15 is 0 Å². The second-order valence-electron chi connectivity index (χ2n) is 4.77. The van der Waals surface area contributed by atoms with Gasteiger partial charge in [0, 0.05) is 6.04 Å². The van der Waals surface area contributed by atoms with Gasteiger partial charge < -0.3 is 5.32 Å². The van der Waals surface area contributed by atoms with Crippen LogP contribution in [-0.2, 0) is 0 Å². The Balaban J connectivity index is 2.10. The third kappa shape index (κ3) is 4.45. The lowest BCUT2D eigenvalue weighted by Crippen LogP contribution is -2.29. The Kier molecular flexibility index (Phi) is 6.25. The van der Waals surface area contributed by atoms with Gasteiger partial charge >= 0.3 is 0 Å². The van der Waals surface area contributed by atoms with Gasteiger partial charge in [-0.1, -0.05) is 46.0 Å². The van der Waals surface area contributed by atoms with Gasteiger partial charge in [0.25, 0.3) is 0 Å². The van der Waals surface area contributed by atoms with E-state index < -0.39 is 0 Å². The van der Waals surface area contributed by atoms with Crippen LogP contribution < -0.4 is 5.32 Å². The molecule has 0 saturated heterocycles. The van der Waals surface area contributed by atoms with E-state index in [9.17, 15) is 0 Å². The molecule has 1 aliphatic carbocycles. The molecule has 1 aliphatic rings. The molecular formula is C13H27N. The van der Waals surface area contributed by atoms with Crippen LogP contribution in [0.25, 0.3) is 0 Å². The van der Waals surface area contributed by atoms with Gasteiger partial charge in [-0.15, -0.1) is 0 Å². The lowest BCUT2D eigenvalue weighted by Gasteiger charge is -2.19. The zero-order valence-electron chi connectivity index (χ0n) is 10.0. The first-order valence-electron chi connectivity index (χ1n) is 6.60. The van der Waals surface area contributed by atoms with Crippen molar-refractivity contribution in [3.05, 3.63) is 0 Å². The summed E-state index contributed by atoms with van der Waals surface area (Å²) < 4.78 is 0. The molecule has 0 aromatic rings. The highest BCUT2D eigenvalue weighted by Gasteiger charge is 2.16. The summed E-state index contributed by atoms with van der Waals surface area (Å²) in [5, 5.41) is 3.61. The molecule has 1 atom stereocenters. The summed E-state index contributed by atoms with van der Waals surface area (Å²) in [6, 6.07) is 0.797. The number of hydrogen-bond acceptors (Lipinski definition) is 1. The zero-order valence-corrected chi connectivity index (χ0v) is 10.0. The van der Waals surface area contributed by atoms with E-state index in [4.69, 9.17) is 0 Å². The number of rotatable bonds is 7. The van der Waals surface area contributed by atoms with Crippen molar-refractivity contribution in [1.82, 2.24) is 5.32 Å². The lowest BCUT2D eigenvalue weighted by molar-refractivity contribution is 0.392. The summed E-state index contributed by atoms with van der Waals surface area (Å²) >= 11 is 0. The predicted molar refractivity (Wildman–Crippen MR) is 63.6 cm³/mol. The van der Waals surface area contributed by atoms with E-state index in [1.54, 1.807) is 0 Å². The molecule has 1 fully saturated rings. The first-order chi connectivity index (χ1) is 6.86. The Labute approximate surface area is 89.7 Å². The normalized spacial score (nSPS) is 20.1.